The number of hydrogen-bond acceptors (Lipinski definition) is 5. The van der Waals surface area contributed by atoms with E-state index in [1.165, 1.54) is 11.1 Å². The highest BCUT2D eigenvalue weighted by Crippen LogP contribution is 2.34. The molecule has 1 aromatic carbocycles. The fourth-order valence-corrected chi connectivity index (χ4v) is 2.66. The number of aromatic nitrogens is 2. The van der Waals surface area contributed by atoms with Crippen LogP contribution in [0.3, 0.4) is 0 Å². The third kappa shape index (κ3) is 3.07. The first-order chi connectivity index (χ1) is 10.1. The van der Waals surface area contributed by atoms with Crippen LogP contribution in [0.4, 0.5) is 11.6 Å². The number of anilines is 2. The third-order valence-corrected chi connectivity index (χ3v) is 3.53. The van der Waals surface area contributed by atoms with E-state index in [4.69, 9.17) is 10.5 Å². The van der Waals surface area contributed by atoms with Crippen molar-refractivity contribution in [3.63, 3.8) is 0 Å². The molecule has 5 nitrogen and oxygen atoms in total. The van der Waals surface area contributed by atoms with Crippen molar-refractivity contribution in [3.05, 3.63) is 41.6 Å². The second-order valence-electron chi connectivity index (χ2n) is 5.58. The van der Waals surface area contributed by atoms with Gasteiger partial charge in [0.05, 0.1) is 12.1 Å². The number of nitrogens with two attached hydrogens (primary N) is 1. The number of nitrogens with zero attached hydrogens (tertiary/aromatic N) is 2. The smallest absolute Gasteiger partial charge is 0.226 e. The first-order valence-corrected chi connectivity index (χ1v) is 7.26. The van der Waals surface area contributed by atoms with Crippen molar-refractivity contribution in [2.45, 2.75) is 38.8 Å². The lowest BCUT2D eigenvalue weighted by molar-refractivity contribution is 0.232. The molecule has 0 spiro atoms. The van der Waals surface area contributed by atoms with Crippen LogP contribution in [-0.2, 0) is 6.42 Å². The summed E-state index contributed by atoms with van der Waals surface area (Å²) < 4.78 is 5.60. The van der Waals surface area contributed by atoms with Crippen LogP contribution in [0.5, 0.6) is 5.88 Å². The van der Waals surface area contributed by atoms with Gasteiger partial charge in [-0.15, -0.1) is 0 Å². The highest BCUT2D eigenvalue weighted by atomic mass is 16.5. The summed E-state index contributed by atoms with van der Waals surface area (Å²) in [6.07, 6.45) is 3.87. The third-order valence-electron chi connectivity index (χ3n) is 3.53. The number of benzene rings is 1. The zero-order chi connectivity index (χ0) is 14.8. The van der Waals surface area contributed by atoms with Crippen LogP contribution >= 0.6 is 0 Å². The SMILES string of the molecule is CC(C)Oc1ccnc(NC2CCc3cc(N)ccc32)n1. The highest BCUT2D eigenvalue weighted by molar-refractivity contribution is 5.49. The van der Waals surface area contributed by atoms with Gasteiger partial charge in [-0.3, -0.25) is 0 Å². The van der Waals surface area contributed by atoms with Crippen molar-refractivity contribution < 1.29 is 4.74 Å². The molecule has 0 saturated carbocycles. The van der Waals surface area contributed by atoms with E-state index in [-0.39, 0.29) is 12.1 Å². The Bertz CT molecular complexity index is 642. The number of rotatable bonds is 4. The highest BCUT2D eigenvalue weighted by Gasteiger charge is 2.23. The van der Waals surface area contributed by atoms with Gasteiger partial charge in [0.15, 0.2) is 0 Å². The molecule has 1 aliphatic rings. The lowest BCUT2D eigenvalue weighted by Crippen LogP contribution is -2.12. The first kappa shape index (κ1) is 13.7. The summed E-state index contributed by atoms with van der Waals surface area (Å²) in [5, 5.41) is 3.39. The van der Waals surface area contributed by atoms with Crippen LogP contribution in [0, 0.1) is 0 Å². The van der Waals surface area contributed by atoms with Gasteiger partial charge in [-0.25, -0.2) is 4.98 Å². The molecule has 1 aliphatic carbocycles. The molecule has 0 radical (unpaired) electrons. The topological polar surface area (TPSA) is 73.1 Å². The Kier molecular flexibility index (Phi) is 3.64. The van der Waals surface area contributed by atoms with Crippen LogP contribution in [0.15, 0.2) is 30.5 Å². The molecule has 5 heteroatoms. The molecule has 0 amide bonds. The molecule has 0 saturated heterocycles. The summed E-state index contributed by atoms with van der Waals surface area (Å²) in [5.41, 5.74) is 9.24. The van der Waals surface area contributed by atoms with Crippen molar-refractivity contribution in [3.8, 4) is 5.88 Å². The van der Waals surface area contributed by atoms with Crippen molar-refractivity contribution in [2.75, 3.05) is 11.1 Å². The zero-order valence-electron chi connectivity index (χ0n) is 12.3. The van der Waals surface area contributed by atoms with Gasteiger partial charge in [0, 0.05) is 18.0 Å². The quantitative estimate of drug-likeness (QED) is 0.844. The maximum Gasteiger partial charge on any atom is 0.226 e. The molecule has 1 heterocycles. The monoisotopic (exact) mass is 284 g/mol. The fraction of sp³-hybridized carbons (Fsp3) is 0.375. The van der Waals surface area contributed by atoms with Crippen LogP contribution < -0.4 is 15.8 Å². The van der Waals surface area contributed by atoms with Gasteiger partial charge in [-0.05, 0) is 49.9 Å². The molecule has 2 aromatic rings. The minimum atomic E-state index is 0.0999. The van der Waals surface area contributed by atoms with Gasteiger partial charge in [0.25, 0.3) is 0 Å². The van der Waals surface area contributed by atoms with E-state index in [2.05, 4.69) is 27.4 Å². The molecule has 21 heavy (non-hydrogen) atoms. The van der Waals surface area contributed by atoms with Crippen LogP contribution in [0.2, 0.25) is 0 Å². The summed E-state index contributed by atoms with van der Waals surface area (Å²) in [4.78, 5) is 8.67. The molecule has 3 N–H and O–H groups in total. The van der Waals surface area contributed by atoms with E-state index in [1.54, 1.807) is 12.3 Å². The van der Waals surface area contributed by atoms with E-state index in [0.717, 1.165) is 18.5 Å². The Hall–Kier alpha value is -2.30. The van der Waals surface area contributed by atoms with E-state index in [9.17, 15) is 0 Å². The summed E-state index contributed by atoms with van der Waals surface area (Å²) in [5.74, 6) is 1.20. The van der Waals surface area contributed by atoms with Gasteiger partial charge >= 0.3 is 0 Å². The summed E-state index contributed by atoms with van der Waals surface area (Å²) >= 11 is 0. The fourth-order valence-electron chi connectivity index (χ4n) is 2.66. The standard InChI is InChI=1S/C16H20N4O/c1-10(2)21-15-7-8-18-16(20-15)19-14-6-3-11-9-12(17)4-5-13(11)14/h4-5,7-10,14H,3,6,17H2,1-2H3,(H,18,19,20). The zero-order valence-corrected chi connectivity index (χ0v) is 12.3. The molecule has 3 rings (SSSR count). The number of nitrogen functional groups attached to an aromatic ring is 1. The number of fused-ring (bicyclic) bond motifs is 1. The van der Waals surface area contributed by atoms with Gasteiger partial charge in [0.1, 0.15) is 0 Å². The number of nitrogens with one attached hydrogen (secondary N) is 1. The van der Waals surface area contributed by atoms with Crippen LogP contribution in [0.25, 0.3) is 0 Å². The predicted octanol–water partition coefficient (Wildman–Crippen LogP) is 2.95. The van der Waals surface area contributed by atoms with Crippen LogP contribution in [0.1, 0.15) is 37.4 Å². The molecule has 1 atom stereocenters. The average molecular weight is 284 g/mol. The Labute approximate surface area is 124 Å². The Morgan fingerprint density at radius 3 is 3.00 bits per heavy atom. The Morgan fingerprint density at radius 1 is 1.33 bits per heavy atom. The van der Waals surface area contributed by atoms with E-state index in [0.29, 0.717) is 11.8 Å². The molecule has 0 bridgehead atoms. The predicted molar refractivity (Wildman–Crippen MR) is 83.3 cm³/mol. The molecule has 0 fully saturated rings. The molecule has 110 valence electrons. The average Bonchev–Trinajstić information content (AvgIpc) is 2.80. The summed E-state index contributed by atoms with van der Waals surface area (Å²) in [6, 6.07) is 8.08. The van der Waals surface area contributed by atoms with Gasteiger partial charge < -0.3 is 15.8 Å². The molecule has 0 aliphatic heterocycles. The molecular formula is C16H20N4O. The largest absolute Gasteiger partial charge is 0.475 e. The first-order valence-electron chi connectivity index (χ1n) is 7.26. The minimum Gasteiger partial charge on any atom is -0.475 e. The van der Waals surface area contributed by atoms with E-state index in [1.807, 2.05) is 19.9 Å². The Morgan fingerprint density at radius 2 is 2.19 bits per heavy atom. The normalized spacial score (nSPS) is 16.8. The van der Waals surface area contributed by atoms with Crippen molar-refractivity contribution in [1.82, 2.24) is 9.97 Å². The van der Waals surface area contributed by atoms with Crippen molar-refractivity contribution in [2.24, 2.45) is 0 Å². The van der Waals surface area contributed by atoms with Gasteiger partial charge in [-0.2, -0.15) is 4.98 Å². The lowest BCUT2D eigenvalue weighted by Gasteiger charge is -2.15. The van der Waals surface area contributed by atoms with Crippen molar-refractivity contribution >= 4 is 11.6 Å². The summed E-state index contributed by atoms with van der Waals surface area (Å²) in [6.45, 7) is 3.96. The number of hydrogen-bond donors (Lipinski definition) is 2. The van der Waals surface area contributed by atoms with Gasteiger partial charge in [0.2, 0.25) is 11.8 Å². The number of aryl methyl sites for hydroxylation is 1. The van der Waals surface area contributed by atoms with Gasteiger partial charge in [-0.1, -0.05) is 6.07 Å². The van der Waals surface area contributed by atoms with E-state index >= 15 is 0 Å². The van der Waals surface area contributed by atoms with E-state index < -0.39 is 0 Å². The molecule has 1 unspecified atom stereocenters. The Balaban J connectivity index is 1.77. The van der Waals surface area contributed by atoms with Crippen molar-refractivity contribution in [1.29, 1.82) is 0 Å². The maximum atomic E-state index is 5.83. The lowest BCUT2D eigenvalue weighted by atomic mass is 10.1. The molecule has 1 aromatic heterocycles. The second-order valence-corrected chi connectivity index (χ2v) is 5.58. The summed E-state index contributed by atoms with van der Waals surface area (Å²) in [7, 11) is 0. The molecular weight excluding hydrogens is 264 g/mol. The van der Waals surface area contributed by atoms with Crippen LogP contribution in [-0.4, -0.2) is 16.1 Å². The number of ether oxygens (including phenoxy) is 1. The second kappa shape index (κ2) is 5.60. The maximum absolute atomic E-state index is 5.83. The minimum absolute atomic E-state index is 0.0999.